The van der Waals surface area contributed by atoms with Crippen LogP contribution in [0.15, 0.2) is 16.7 Å². The molecular formula is C12H17BrN4O2. The summed E-state index contributed by atoms with van der Waals surface area (Å²) < 4.78 is 0.628. The largest absolute Gasteiger partial charge is 0.369 e. The summed E-state index contributed by atoms with van der Waals surface area (Å²) >= 11 is 3.29. The van der Waals surface area contributed by atoms with Crippen molar-refractivity contribution in [2.24, 2.45) is 0 Å². The second-order valence-electron chi connectivity index (χ2n) is 4.61. The minimum Gasteiger partial charge on any atom is -0.369 e. The van der Waals surface area contributed by atoms with E-state index in [2.05, 4.69) is 31.1 Å². The number of likely N-dealkylation sites (tertiary alicyclic amines) is 1. The molecule has 1 aliphatic heterocycles. The van der Waals surface area contributed by atoms with Gasteiger partial charge >= 0.3 is 0 Å². The first-order valence-corrected chi connectivity index (χ1v) is 7.22. The predicted molar refractivity (Wildman–Crippen MR) is 77.4 cm³/mol. The first-order valence-electron chi connectivity index (χ1n) is 6.43. The second kappa shape index (κ2) is 6.81. The fraction of sp³-hybridized carbons (Fsp3) is 0.583. The summed E-state index contributed by atoms with van der Waals surface area (Å²) in [6.07, 6.45) is 4.93. The summed E-state index contributed by atoms with van der Waals surface area (Å²) in [5.74, 6) is 0.659. The third-order valence-electron chi connectivity index (χ3n) is 3.18. The molecule has 19 heavy (non-hydrogen) atoms. The maximum atomic E-state index is 10.6. The molecule has 0 spiro atoms. The maximum absolute atomic E-state index is 10.6. The minimum absolute atomic E-state index is 0.00510. The highest BCUT2D eigenvalue weighted by Gasteiger charge is 2.12. The van der Waals surface area contributed by atoms with Crippen molar-refractivity contribution < 1.29 is 4.92 Å². The standard InChI is InChI=1S/C12H17BrN4O2/c13-11-8-10(17(18)19)9-15-12(11)14-4-3-7-16-5-1-2-6-16/h8-9H,1-7H2,(H,14,15). The highest BCUT2D eigenvalue weighted by atomic mass is 79.9. The lowest BCUT2D eigenvalue weighted by molar-refractivity contribution is -0.385. The van der Waals surface area contributed by atoms with Gasteiger partial charge in [0.25, 0.3) is 5.69 Å². The van der Waals surface area contributed by atoms with Crippen molar-refractivity contribution in [1.82, 2.24) is 9.88 Å². The fourth-order valence-corrected chi connectivity index (χ4v) is 2.65. The van der Waals surface area contributed by atoms with Gasteiger partial charge in [0.15, 0.2) is 0 Å². The van der Waals surface area contributed by atoms with Crippen LogP contribution in [0.3, 0.4) is 0 Å². The monoisotopic (exact) mass is 328 g/mol. The van der Waals surface area contributed by atoms with Gasteiger partial charge in [-0.25, -0.2) is 4.98 Å². The average molecular weight is 329 g/mol. The molecule has 1 saturated heterocycles. The molecule has 0 unspecified atom stereocenters. The van der Waals surface area contributed by atoms with E-state index in [4.69, 9.17) is 0 Å². The number of anilines is 1. The van der Waals surface area contributed by atoms with Gasteiger partial charge in [-0.05, 0) is 54.8 Å². The Labute approximate surface area is 120 Å². The second-order valence-corrected chi connectivity index (χ2v) is 5.46. The smallest absolute Gasteiger partial charge is 0.288 e. The van der Waals surface area contributed by atoms with Crippen LogP contribution in [0.5, 0.6) is 0 Å². The van der Waals surface area contributed by atoms with Crippen LogP contribution in [-0.4, -0.2) is 41.0 Å². The van der Waals surface area contributed by atoms with E-state index in [1.165, 1.54) is 38.2 Å². The van der Waals surface area contributed by atoms with Crippen LogP contribution >= 0.6 is 15.9 Å². The van der Waals surface area contributed by atoms with Crippen LogP contribution < -0.4 is 5.32 Å². The molecule has 0 bridgehead atoms. The molecule has 6 nitrogen and oxygen atoms in total. The van der Waals surface area contributed by atoms with E-state index in [0.717, 1.165) is 19.5 Å². The highest BCUT2D eigenvalue weighted by Crippen LogP contribution is 2.24. The third-order valence-corrected chi connectivity index (χ3v) is 3.78. The molecule has 1 aromatic heterocycles. The topological polar surface area (TPSA) is 71.3 Å². The summed E-state index contributed by atoms with van der Waals surface area (Å²) in [6.45, 7) is 4.33. The number of halogens is 1. The van der Waals surface area contributed by atoms with Gasteiger partial charge in [0.1, 0.15) is 12.0 Å². The SMILES string of the molecule is O=[N+]([O-])c1cnc(NCCCN2CCCC2)c(Br)c1. The van der Waals surface area contributed by atoms with E-state index in [9.17, 15) is 10.1 Å². The number of nitrogens with zero attached hydrogens (tertiary/aromatic N) is 3. The molecule has 2 rings (SSSR count). The zero-order valence-corrected chi connectivity index (χ0v) is 12.2. The normalized spacial score (nSPS) is 15.6. The zero-order valence-electron chi connectivity index (χ0n) is 10.6. The maximum Gasteiger partial charge on any atom is 0.288 e. The summed E-state index contributed by atoms with van der Waals surface area (Å²) in [7, 11) is 0. The Hall–Kier alpha value is -1.21. The average Bonchev–Trinajstić information content (AvgIpc) is 2.89. The van der Waals surface area contributed by atoms with Crippen molar-refractivity contribution in [2.75, 3.05) is 31.5 Å². The van der Waals surface area contributed by atoms with Crippen molar-refractivity contribution in [3.63, 3.8) is 0 Å². The Kier molecular flexibility index (Phi) is 5.09. The summed E-state index contributed by atoms with van der Waals surface area (Å²) in [5.41, 5.74) is -0.00510. The molecular weight excluding hydrogens is 312 g/mol. The number of nitrogens with one attached hydrogen (secondary N) is 1. The van der Waals surface area contributed by atoms with E-state index in [0.29, 0.717) is 10.3 Å². The Morgan fingerprint density at radius 3 is 2.84 bits per heavy atom. The van der Waals surface area contributed by atoms with E-state index in [-0.39, 0.29) is 5.69 Å². The van der Waals surface area contributed by atoms with Gasteiger partial charge < -0.3 is 10.2 Å². The van der Waals surface area contributed by atoms with Gasteiger partial charge in [-0.1, -0.05) is 0 Å². The quantitative estimate of drug-likeness (QED) is 0.493. The van der Waals surface area contributed by atoms with Crippen molar-refractivity contribution >= 4 is 27.4 Å². The number of rotatable bonds is 6. The molecule has 7 heteroatoms. The number of nitro groups is 1. The van der Waals surface area contributed by atoms with Crippen LogP contribution in [0.2, 0.25) is 0 Å². The Morgan fingerprint density at radius 2 is 2.21 bits per heavy atom. The molecule has 1 fully saturated rings. The van der Waals surface area contributed by atoms with Gasteiger partial charge in [-0.15, -0.1) is 0 Å². The predicted octanol–water partition coefficient (Wildman–Crippen LogP) is 2.65. The van der Waals surface area contributed by atoms with E-state index < -0.39 is 4.92 Å². The van der Waals surface area contributed by atoms with Crippen LogP contribution in [0.25, 0.3) is 0 Å². The molecule has 104 valence electrons. The minimum atomic E-state index is -0.449. The lowest BCUT2D eigenvalue weighted by atomic mass is 10.3. The molecule has 0 saturated carbocycles. The Balaban J connectivity index is 1.77. The van der Waals surface area contributed by atoms with Gasteiger partial charge in [-0.3, -0.25) is 10.1 Å². The molecule has 2 heterocycles. The van der Waals surface area contributed by atoms with Crippen LogP contribution in [0.1, 0.15) is 19.3 Å². The lowest BCUT2D eigenvalue weighted by Gasteiger charge is -2.14. The summed E-state index contributed by atoms with van der Waals surface area (Å²) in [5, 5.41) is 13.8. The molecule has 0 radical (unpaired) electrons. The van der Waals surface area contributed by atoms with Crippen molar-refractivity contribution in [1.29, 1.82) is 0 Å². The van der Waals surface area contributed by atoms with Crippen LogP contribution in [-0.2, 0) is 0 Å². The number of pyridine rings is 1. The number of aromatic nitrogens is 1. The summed E-state index contributed by atoms with van der Waals surface area (Å²) in [6, 6.07) is 1.47. The van der Waals surface area contributed by atoms with Gasteiger partial charge in [0.2, 0.25) is 0 Å². The number of hydrogen-bond donors (Lipinski definition) is 1. The van der Waals surface area contributed by atoms with Crippen LogP contribution in [0, 0.1) is 10.1 Å². The molecule has 1 N–H and O–H groups in total. The first kappa shape index (κ1) is 14.2. The molecule has 0 amide bonds. The van der Waals surface area contributed by atoms with Gasteiger partial charge in [0, 0.05) is 12.6 Å². The van der Waals surface area contributed by atoms with Crippen molar-refractivity contribution in [3.8, 4) is 0 Å². The van der Waals surface area contributed by atoms with Crippen molar-refractivity contribution in [2.45, 2.75) is 19.3 Å². The van der Waals surface area contributed by atoms with E-state index in [1.807, 2.05) is 0 Å². The molecule has 1 aromatic rings. The molecule has 0 aliphatic carbocycles. The molecule has 1 aliphatic rings. The molecule has 0 aromatic carbocycles. The Bertz CT molecular complexity index is 449. The zero-order chi connectivity index (χ0) is 13.7. The first-order chi connectivity index (χ1) is 9.16. The van der Waals surface area contributed by atoms with E-state index >= 15 is 0 Å². The third kappa shape index (κ3) is 4.14. The van der Waals surface area contributed by atoms with Gasteiger partial charge in [0.05, 0.1) is 9.40 Å². The molecule has 0 atom stereocenters. The Morgan fingerprint density at radius 1 is 1.47 bits per heavy atom. The highest BCUT2D eigenvalue weighted by molar-refractivity contribution is 9.10. The van der Waals surface area contributed by atoms with Crippen molar-refractivity contribution in [3.05, 3.63) is 26.9 Å². The van der Waals surface area contributed by atoms with E-state index in [1.54, 1.807) is 0 Å². The van der Waals surface area contributed by atoms with Gasteiger partial charge in [-0.2, -0.15) is 0 Å². The summed E-state index contributed by atoms with van der Waals surface area (Å²) in [4.78, 5) is 16.7. The van der Waals surface area contributed by atoms with Crippen LogP contribution in [0.4, 0.5) is 11.5 Å². The lowest BCUT2D eigenvalue weighted by Crippen LogP contribution is -2.22. The number of hydrogen-bond acceptors (Lipinski definition) is 5. The fourth-order valence-electron chi connectivity index (χ4n) is 2.17.